The second-order valence-corrected chi connectivity index (χ2v) is 6.40. The van der Waals surface area contributed by atoms with Crippen LogP contribution in [0.2, 0.25) is 0 Å². The summed E-state index contributed by atoms with van der Waals surface area (Å²) in [6, 6.07) is 17.3. The minimum Gasteiger partial charge on any atom is -0.497 e. The SMILES string of the molecule is COc1ccc(C(=O)Nc2ccc(-n3c(C)nc4ncccc4c3=O)cc2)cc1. The van der Waals surface area contributed by atoms with Crippen LogP contribution in [0.4, 0.5) is 5.69 Å². The van der Waals surface area contributed by atoms with E-state index in [2.05, 4.69) is 15.3 Å². The summed E-state index contributed by atoms with van der Waals surface area (Å²) in [6.07, 6.45) is 1.61. The van der Waals surface area contributed by atoms with E-state index in [4.69, 9.17) is 4.74 Å². The average Bonchev–Trinajstić information content (AvgIpc) is 2.75. The van der Waals surface area contributed by atoms with Gasteiger partial charge < -0.3 is 10.1 Å². The molecule has 0 aliphatic carbocycles. The molecule has 0 atom stereocenters. The Morgan fingerprint density at radius 2 is 1.76 bits per heavy atom. The summed E-state index contributed by atoms with van der Waals surface area (Å²) in [6.45, 7) is 1.76. The number of anilines is 1. The fourth-order valence-electron chi connectivity index (χ4n) is 3.07. The molecule has 0 spiro atoms. The van der Waals surface area contributed by atoms with Gasteiger partial charge in [0, 0.05) is 17.4 Å². The van der Waals surface area contributed by atoms with Crippen molar-refractivity contribution in [3.63, 3.8) is 0 Å². The van der Waals surface area contributed by atoms with Crippen LogP contribution >= 0.6 is 0 Å². The Morgan fingerprint density at radius 3 is 2.45 bits per heavy atom. The summed E-state index contributed by atoms with van der Waals surface area (Å²) in [5, 5.41) is 3.29. The van der Waals surface area contributed by atoms with Gasteiger partial charge in [-0.1, -0.05) is 0 Å². The second kappa shape index (κ2) is 7.55. The fourth-order valence-corrected chi connectivity index (χ4v) is 3.07. The van der Waals surface area contributed by atoms with Crippen molar-refractivity contribution >= 4 is 22.6 Å². The molecule has 2 heterocycles. The molecule has 4 aromatic rings. The molecule has 0 unspecified atom stereocenters. The van der Waals surface area contributed by atoms with Crippen LogP contribution in [0.25, 0.3) is 16.7 Å². The number of carbonyl (C=O) groups is 1. The van der Waals surface area contributed by atoms with Crippen molar-refractivity contribution in [1.29, 1.82) is 0 Å². The number of aryl methyl sites for hydroxylation is 1. The number of amides is 1. The van der Waals surface area contributed by atoms with Gasteiger partial charge in [0.1, 0.15) is 11.6 Å². The largest absolute Gasteiger partial charge is 0.497 e. The Kier molecular flexibility index (Phi) is 4.78. The van der Waals surface area contributed by atoms with Crippen molar-refractivity contribution in [2.24, 2.45) is 0 Å². The average molecular weight is 386 g/mol. The van der Waals surface area contributed by atoms with Gasteiger partial charge in [-0.15, -0.1) is 0 Å². The summed E-state index contributed by atoms with van der Waals surface area (Å²) >= 11 is 0. The second-order valence-electron chi connectivity index (χ2n) is 6.40. The highest BCUT2D eigenvalue weighted by atomic mass is 16.5. The Labute approximate surface area is 166 Å². The Bertz CT molecular complexity index is 1250. The number of methoxy groups -OCH3 is 1. The zero-order chi connectivity index (χ0) is 20.4. The first-order valence-electron chi connectivity index (χ1n) is 8.97. The third-order valence-corrected chi connectivity index (χ3v) is 4.55. The zero-order valence-corrected chi connectivity index (χ0v) is 15.9. The van der Waals surface area contributed by atoms with Crippen molar-refractivity contribution in [2.75, 3.05) is 12.4 Å². The van der Waals surface area contributed by atoms with Crippen LogP contribution in [0.1, 0.15) is 16.2 Å². The number of nitrogens with zero attached hydrogens (tertiary/aromatic N) is 3. The van der Waals surface area contributed by atoms with Gasteiger partial charge in [-0.25, -0.2) is 9.97 Å². The lowest BCUT2D eigenvalue weighted by atomic mass is 10.2. The summed E-state index contributed by atoms with van der Waals surface area (Å²) < 4.78 is 6.63. The number of carbonyl (C=O) groups excluding carboxylic acids is 1. The minimum atomic E-state index is -0.229. The van der Waals surface area contributed by atoms with Crippen LogP contribution in [-0.4, -0.2) is 27.6 Å². The van der Waals surface area contributed by atoms with Crippen LogP contribution in [0, 0.1) is 6.92 Å². The van der Waals surface area contributed by atoms with Gasteiger partial charge >= 0.3 is 0 Å². The van der Waals surface area contributed by atoms with E-state index in [1.54, 1.807) is 80.9 Å². The highest BCUT2D eigenvalue weighted by molar-refractivity contribution is 6.04. The van der Waals surface area contributed by atoms with Gasteiger partial charge in [0.05, 0.1) is 18.2 Å². The Morgan fingerprint density at radius 1 is 1.03 bits per heavy atom. The number of aromatic nitrogens is 3. The number of rotatable bonds is 4. The van der Waals surface area contributed by atoms with E-state index < -0.39 is 0 Å². The monoisotopic (exact) mass is 386 g/mol. The smallest absolute Gasteiger partial charge is 0.267 e. The zero-order valence-electron chi connectivity index (χ0n) is 15.9. The van der Waals surface area contributed by atoms with Crippen LogP contribution < -0.4 is 15.6 Å². The van der Waals surface area contributed by atoms with Gasteiger partial charge in [-0.2, -0.15) is 0 Å². The number of ether oxygens (including phenoxy) is 1. The van der Waals surface area contributed by atoms with E-state index in [-0.39, 0.29) is 11.5 Å². The first-order valence-corrected chi connectivity index (χ1v) is 8.97. The van der Waals surface area contributed by atoms with E-state index in [9.17, 15) is 9.59 Å². The molecule has 29 heavy (non-hydrogen) atoms. The number of nitrogens with one attached hydrogen (secondary N) is 1. The molecule has 1 N–H and O–H groups in total. The lowest BCUT2D eigenvalue weighted by Crippen LogP contribution is -2.22. The first-order chi connectivity index (χ1) is 14.1. The molecule has 1 amide bonds. The maximum Gasteiger partial charge on any atom is 0.267 e. The van der Waals surface area contributed by atoms with Crippen molar-refractivity contribution in [3.05, 3.63) is 88.6 Å². The standard InChI is InChI=1S/C22H18N4O3/c1-14-24-20-19(4-3-13-23-20)22(28)26(14)17-9-7-16(8-10-17)25-21(27)15-5-11-18(29-2)12-6-15/h3-13H,1-2H3,(H,25,27). The molecule has 4 rings (SSSR count). The lowest BCUT2D eigenvalue weighted by Gasteiger charge is -2.11. The maximum atomic E-state index is 12.9. The molecule has 0 aliphatic rings. The topological polar surface area (TPSA) is 86.1 Å². The minimum absolute atomic E-state index is 0.185. The lowest BCUT2D eigenvalue weighted by molar-refractivity contribution is 0.102. The van der Waals surface area contributed by atoms with Crippen molar-refractivity contribution in [3.8, 4) is 11.4 Å². The Balaban J connectivity index is 1.60. The molecule has 0 aliphatic heterocycles. The molecule has 2 aromatic carbocycles. The Hall–Kier alpha value is -4.00. The first kappa shape index (κ1) is 18.4. The number of fused-ring (bicyclic) bond motifs is 1. The van der Waals surface area contributed by atoms with Crippen LogP contribution in [0.3, 0.4) is 0 Å². The van der Waals surface area contributed by atoms with Gasteiger partial charge in [0.2, 0.25) is 0 Å². The van der Waals surface area contributed by atoms with E-state index in [1.807, 2.05) is 0 Å². The quantitative estimate of drug-likeness (QED) is 0.581. The third-order valence-electron chi connectivity index (χ3n) is 4.55. The molecule has 7 nitrogen and oxygen atoms in total. The molecule has 144 valence electrons. The summed E-state index contributed by atoms with van der Waals surface area (Å²) in [5.74, 6) is 0.995. The predicted octanol–water partition coefficient (Wildman–Crippen LogP) is 3.35. The van der Waals surface area contributed by atoms with E-state index in [1.165, 1.54) is 4.57 Å². The van der Waals surface area contributed by atoms with Crippen LogP contribution in [0.5, 0.6) is 5.75 Å². The van der Waals surface area contributed by atoms with Crippen LogP contribution in [0.15, 0.2) is 71.7 Å². The molecular weight excluding hydrogens is 368 g/mol. The summed E-state index contributed by atoms with van der Waals surface area (Å²) in [7, 11) is 1.57. The van der Waals surface area contributed by atoms with Gasteiger partial charge in [0.15, 0.2) is 5.65 Å². The third kappa shape index (κ3) is 3.58. The van der Waals surface area contributed by atoms with Crippen molar-refractivity contribution in [1.82, 2.24) is 14.5 Å². The molecule has 0 saturated heterocycles. The molecule has 2 aromatic heterocycles. The number of hydrogen-bond donors (Lipinski definition) is 1. The normalized spacial score (nSPS) is 10.7. The fraction of sp³-hybridized carbons (Fsp3) is 0.0909. The van der Waals surface area contributed by atoms with Crippen molar-refractivity contribution in [2.45, 2.75) is 6.92 Å². The van der Waals surface area contributed by atoms with Gasteiger partial charge in [-0.05, 0) is 67.6 Å². The molecule has 0 fully saturated rings. The number of benzene rings is 2. The van der Waals surface area contributed by atoms with Crippen molar-refractivity contribution < 1.29 is 9.53 Å². The summed E-state index contributed by atoms with van der Waals surface area (Å²) in [5.41, 5.74) is 2.04. The van der Waals surface area contributed by atoms with Gasteiger partial charge in [-0.3, -0.25) is 14.2 Å². The number of pyridine rings is 1. The summed E-state index contributed by atoms with van der Waals surface area (Å²) in [4.78, 5) is 33.8. The molecule has 0 radical (unpaired) electrons. The molecular formula is C22H18N4O3. The van der Waals surface area contributed by atoms with E-state index in [0.29, 0.717) is 39.5 Å². The predicted molar refractivity (Wildman–Crippen MR) is 111 cm³/mol. The van der Waals surface area contributed by atoms with Gasteiger partial charge in [0.25, 0.3) is 11.5 Å². The molecule has 0 saturated carbocycles. The molecule has 7 heteroatoms. The number of hydrogen-bond acceptors (Lipinski definition) is 5. The maximum absolute atomic E-state index is 12.9. The van der Waals surface area contributed by atoms with Crippen LogP contribution in [-0.2, 0) is 0 Å². The molecule has 0 bridgehead atoms. The highest BCUT2D eigenvalue weighted by Crippen LogP contribution is 2.17. The van der Waals surface area contributed by atoms with E-state index >= 15 is 0 Å². The highest BCUT2D eigenvalue weighted by Gasteiger charge is 2.11. The van der Waals surface area contributed by atoms with E-state index in [0.717, 1.165) is 0 Å².